The molecule has 1 saturated carbocycles. The quantitative estimate of drug-likeness (QED) is 0.574. The van der Waals surface area contributed by atoms with Crippen molar-refractivity contribution in [3.05, 3.63) is 0 Å². The van der Waals surface area contributed by atoms with Crippen LogP contribution in [0, 0.1) is 5.92 Å². The Kier molecular flexibility index (Phi) is 2.49. The van der Waals surface area contributed by atoms with E-state index < -0.39 is 0 Å². The largest absolute Gasteiger partial charge is 0.392 e. The van der Waals surface area contributed by atoms with Gasteiger partial charge in [-0.1, -0.05) is 0 Å². The van der Waals surface area contributed by atoms with Crippen molar-refractivity contribution < 1.29 is 5.11 Å². The monoisotopic (exact) mass is 129 g/mol. The van der Waals surface area contributed by atoms with Gasteiger partial charge < -0.3 is 10.4 Å². The molecule has 0 aromatic carbocycles. The van der Waals surface area contributed by atoms with Crippen LogP contribution in [-0.2, 0) is 0 Å². The minimum absolute atomic E-state index is 0.191. The molecule has 0 radical (unpaired) electrons. The zero-order chi connectivity index (χ0) is 6.69. The molecule has 2 heteroatoms. The summed E-state index contributed by atoms with van der Waals surface area (Å²) >= 11 is 0. The third-order valence-electron chi connectivity index (χ3n) is 1.57. The van der Waals surface area contributed by atoms with E-state index in [0.29, 0.717) is 0 Å². The fourth-order valence-electron chi connectivity index (χ4n) is 0.818. The molecule has 54 valence electrons. The fraction of sp³-hybridized carbons (Fsp3) is 1.00. The van der Waals surface area contributed by atoms with Gasteiger partial charge >= 0.3 is 0 Å². The molecule has 0 spiro atoms. The summed E-state index contributed by atoms with van der Waals surface area (Å²) in [7, 11) is 0. The third-order valence-corrected chi connectivity index (χ3v) is 1.57. The van der Waals surface area contributed by atoms with E-state index in [2.05, 4.69) is 5.32 Å². The Bertz CT molecular complexity index is 77.0. The molecule has 0 aromatic rings. The fourth-order valence-corrected chi connectivity index (χ4v) is 0.818. The summed E-state index contributed by atoms with van der Waals surface area (Å²) in [4.78, 5) is 0. The second kappa shape index (κ2) is 3.18. The number of hydrogen-bond acceptors (Lipinski definition) is 2. The zero-order valence-electron chi connectivity index (χ0n) is 5.93. The Morgan fingerprint density at radius 3 is 2.78 bits per heavy atom. The summed E-state index contributed by atoms with van der Waals surface area (Å²) in [5.41, 5.74) is 0. The highest BCUT2D eigenvalue weighted by Crippen LogP contribution is 2.27. The molecule has 0 heterocycles. The topological polar surface area (TPSA) is 32.3 Å². The van der Waals surface area contributed by atoms with E-state index in [0.717, 1.165) is 19.0 Å². The van der Waals surface area contributed by atoms with Gasteiger partial charge in [-0.25, -0.2) is 0 Å². The van der Waals surface area contributed by atoms with E-state index in [1.165, 1.54) is 12.8 Å². The minimum atomic E-state index is -0.191. The molecule has 1 unspecified atom stereocenters. The summed E-state index contributed by atoms with van der Waals surface area (Å²) in [6.45, 7) is 3.65. The van der Waals surface area contributed by atoms with E-state index in [9.17, 15) is 0 Å². The van der Waals surface area contributed by atoms with Crippen molar-refractivity contribution in [2.24, 2.45) is 5.92 Å². The van der Waals surface area contributed by atoms with Crippen LogP contribution >= 0.6 is 0 Å². The van der Waals surface area contributed by atoms with Gasteiger partial charge in [0, 0.05) is 6.54 Å². The van der Waals surface area contributed by atoms with Crippen LogP contribution in [0.3, 0.4) is 0 Å². The van der Waals surface area contributed by atoms with E-state index in [4.69, 9.17) is 5.11 Å². The lowest BCUT2D eigenvalue weighted by atomic mass is 10.3. The molecular formula is C7H15NO. The first kappa shape index (κ1) is 7.03. The van der Waals surface area contributed by atoms with Gasteiger partial charge in [0.25, 0.3) is 0 Å². The maximum Gasteiger partial charge on any atom is 0.0636 e. The lowest BCUT2D eigenvalue weighted by Crippen LogP contribution is -2.26. The van der Waals surface area contributed by atoms with Crippen molar-refractivity contribution in [3.63, 3.8) is 0 Å². The summed E-state index contributed by atoms with van der Waals surface area (Å²) < 4.78 is 0. The average molecular weight is 129 g/mol. The van der Waals surface area contributed by atoms with Gasteiger partial charge in [-0.3, -0.25) is 0 Å². The molecule has 1 aliphatic carbocycles. The normalized spacial score (nSPS) is 22.0. The number of hydrogen-bond donors (Lipinski definition) is 2. The van der Waals surface area contributed by atoms with Gasteiger partial charge in [0.15, 0.2) is 0 Å². The van der Waals surface area contributed by atoms with Gasteiger partial charge in [-0.15, -0.1) is 0 Å². The van der Waals surface area contributed by atoms with Crippen LogP contribution in [0.1, 0.15) is 19.8 Å². The molecule has 2 nitrogen and oxygen atoms in total. The molecule has 2 N–H and O–H groups in total. The van der Waals surface area contributed by atoms with Crippen molar-refractivity contribution >= 4 is 0 Å². The van der Waals surface area contributed by atoms with Crippen molar-refractivity contribution in [2.45, 2.75) is 25.9 Å². The Hall–Kier alpha value is -0.0800. The number of nitrogens with one attached hydrogen (secondary N) is 1. The predicted octanol–water partition coefficient (Wildman–Crippen LogP) is 0.367. The first-order chi connectivity index (χ1) is 4.29. The SMILES string of the molecule is CC(O)CNCC1CC1. The number of rotatable bonds is 4. The van der Waals surface area contributed by atoms with Crippen LogP contribution in [0.2, 0.25) is 0 Å². The second-order valence-corrected chi connectivity index (χ2v) is 2.95. The van der Waals surface area contributed by atoms with Gasteiger partial charge in [0.1, 0.15) is 0 Å². The Morgan fingerprint density at radius 2 is 2.33 bits per heavy atom. The van der Waals surface area contributed by atoms with Crippen LogP contribution in [0.4, 0.5) is 0 Å². The van der Waals surface area contributed by atoms with E-state index in [-0.39, 0.29) is 6.10 Å². The molecule has 0 amide bonds. The van der Waals surface area contributed by atoms with Crippen molar-refractivity contribution in [3.8, 4) is 0 Å². The van der Waals surface area contributed by atoms with Crippen LogP contribution in [-0.4, -0.2) is 24.3 Å². The molecule has 1 rings (SSSR count). The summed E-state index contributed by atoms with van der Waals surface area (Å²) in [5, 5.41) is 12.0. The molecule has 9 heavy (non-hydrogen) atoms. The number of aliphatic hydroxyl groups is 1. The molecule has 0 bridgehead atoms. The molecule has 1 atom stereocenters. The Balaban J connectivity index is 1.81. The minimum Gasteiger partial charge on any atom is -0.392 e. The summed E-state index contributed by atoms with van der Waals surface area (Å²) in [5.74, 6) is 0.920. The van der Waals surface area contributed by atoms with E-state index in [1.54, 1.807) is 6.92 Å². The second-order valence-electron chi connectivity index (χ2n) is 2.95. The molecule has 1 aliphatic rings. The lowest BCUT2D eigenvalue weighted by molar-refractivity contribution is 0.191. The Labute approximate surface area is 56.3 Å². The highest BCUT2D eigenvalue weighted by atomic mass is 16.3. The van der Waals surface area contributed by atoms with Crippen LogP contribution in [0.25, 0.3) is 0 Å². The summed E-state index contributed by atoms with van der Waals surface area (Å²) in [6, 6.07) is 0. The highest BCUT2D eigenvalue weighted by Gasteiger charge is 2.20. The maximum atomic E-state index is 8.82. The van der Waals surface area contributed by atoms with E-state index in [1.807, 2.05) is 0 Å². The van der Waals surface area contributed by atoms with Crippen LogP contribution < -0.4 is 5.32 Å². The molecule has 0 saturated heterocycles. The third kappa shape index (κ3) is 3.49. The van der Waals surface area contributed by atoms with Crippen molar-refractivity contribution in [1.82, 2.24) is 5.32 Å². The molecule has 0 aliphatic heterocycles. The van der Waals surface area contributed by atoms with Crippen LogP contribution in [0.5, 0.6) is 0 Å². The molecule has 1 fully saturated rings. The van der Waals surface area contributed by atoms with Crippen molar-refractivity contribution in [2.75, 3.05) is 13.1 Å². The standard InChI is InChI=1S/C7H15NO/c1-6(9)4-8-5-7-2-3-7/h6-9H,2-5H2,1H3. The first-order valence-corrected chi connectivity index (χ1v) is 3.68. The first-order valence-electron chi connectivity index (χ1n) is 3.68. The smallest absolute Gasteiger partial charge is 0.0636 e. The van der Waals surface area contributed by atoms with Crippen LogP contribution in [0.15, 0.2) is 0 Å². The average Bonchev–Trinajstić information content (AvgIpc) is 2.48. The highest BCUT2D eigenvalue weighted by molar-refractivity contribution is 4.75. The van der Waals surface area contributed by atoms with Crippen molar-refractivity contribution in [1.29, 1.82) is 0 Å². The molecular weight excluding hydrogens is 114 g/mol. The number of aliphatic hydroxyl groups excluding tert-OH is 1. The maximum absolute atomic E-state index is 8.82. The van der Waals surface area contributed by atoms with Gasteiger partial charge in [0.05, 0.1) is 6.10 Å². The molecule has 0 aromatic heterocycles. The van der Waals surface area contributed by atoms with E-state index >= 15 is 0 Å². The lowest BCUT2D eigenvalue weighted by Gasteiger charge is -2.04. The zero-order valence-corrected chi connectivity index (χ0v) is 5.93. The Morgan fingerprint density at radius 1 is 1.67 bits per heavy atom. The summed E-state index contributed by atoms with van der Waals surface area (Å²) in [6.07, 6.45) is 2.57. The predicted molar refractivity (Wildman–Crippen MR) is 37.3 cm³/mol. The van der Waals surface area contributed by atoms with Gasteiger partial charge in [-0.2, -0.15) is 0 Å². The van der Waals surface area contributed by atoms with Gasteiger partial charge in [-0.05, 0) is 32.2 Å². The van der Waals surface area contributed by atoms with Gasteiger partial charge in [0.2, 0.25) is 0 Å².